The minimum absolute atomic E-state index is 0. The van der Waals surface area contributed by atoms with Crippen LogP contribution in [-0.2, 0) is 0 Å². The Morgan fingerprint density at radius 3 is 2.54 bits per heavy atom. The number of rotatable bonds is 0. The first-order valence-electron chi connectivity index (χ1n) is 3.64. The van der Waals surface area contributed by atoms with Gasteiger partial charge in [-0.2, -0.15) is 4.73 Å². The Labute approximate surface area is 81.1 Å². The summed E-state index contributed by atoms with van der Waals surface area (Å²) in [4.78, 5) is 0. The van der Waals surface area contributed by atoms with Gasteiger partial charge in [0.1, 0.15) is 0 Å². The van der Waals surface area contributed by atoms with Crippen molar-refractivity contribution < 1.29 is 17.6 Å². The van der Waals surface area contributed by atoms with Crippen LogP contribution in [-0.4, -0.2) is 9.94 Å². The summed E-state index contributed by atoms with van der Waals surface area (Å²) in [7, 11) is 0. The van der Waals surface area contributed by atoms with Crippen molar-refractivity contribution in [2.24, 2.45) is 0 Å². The number of halogens is 1. The fraction of sp³-hybridized carbons (Fsp3) is 0. The molecule has 0 atom stereocenters. The molecule has 0 aliphatic carbocycles. The van der Waals surface area contributed by atoms with Crippen LogP contribution in [0.3, 0.4) is 0 Å². The zero-order valence-corrected chi connectivity index (χ0v) is 7.49. The van der Waals surface area contributed by atoms with Gasteiger partial charge in [0.25, 0.3) is 0 Å². The minimum atomic E-state index is 0. The largest absolute Gasteiger partial charge is 1.00 e. The van der Waals surface area contributed by atoms with E-state index in [1.165, 1.54) is 0 Å². The molecule has 2 N–H and O–H groups in total. The van der Waals surface area contributed by atoms with Crippen LogP contribution in [0.1, 0.15) is 0 Å². The van der Waals surface area contributed by atoms with Gasteiger partial charge in [-0.25, -0.2) is 0 Å². The summed E-state index contributed by atoms with van der Waals surface area (Å²) in [6, 6.07) is 10.8. The highest BCUT2D eigenvalue weighted by atomic mass is 35.5. The lowest BCUT2D eigenvalue weighted by Gasteiger charge is -2.01. The van der Waals surface area contributed by atoms with Gasteiger partial charge in [-0.3, -0.25) is 5.41 Å². The van der Waals surface area contributed by atoms with E-state index in [-0.39, 0.29) is 17.9 Å². The molecule has 4 heteroatoms. The smallest absolute Gasteiger partial charge is 0.161 e. The molecule has 0 amide bonds. The van der Waals surface area contributed by atoms with Gasteiger partial charge in [0.2, 0.25) is 0 Å². The van der Waals surface area contributed by atoms with Crippen molar-refractivity contribution in [3.8, 4) is 0 Å². The van der Waals surface area contributed by atoms with Crippen molar-refractivity contribution in [3.63, 3.8) is 0 Å². The van der Waals surface area contributed by atoms with Gasteiger partial charge in [-0.05, 0) is 18.2 Å². The van der Waals surface area contributed by atoms with Crippen LogP contribution in [0.2, 0.25) is 0 Å². The second-order valence-corrected chi connectivity index (χ2v) is 2.59. The van der Waals surface area contributed by atoms with Gasteiger partial charge in [0, 0.05) is 5.39 Å². The maximum absolute atomic E-state index is 9.39. The maximum atomic E-state index is 9.39. The van der Waals surface area contributed by atoms with Gasteiger partial charge < -0.3 is 17.6 Å². The van der Waals surface area contributed by atoms with Crippen molar-refractivity contribution in [2.75, 3.05) is 0 Å². The van der Waals surface area contributed by atoms with Crippen LogP contribution in [0.15, 0.2) is 36.4 Å². The van der Waals surface area contributed by atoms with Crippen molar-refractivity contribution >= 4 is 10.9 Å². The minimum Gasteiger partial charge on any atom is -1.00 e. The molecule has 0 spiro atoms. The summed E-state index contributed by atoms with van der Waals surface area (Å²) >= 11 is 0. The highest BCUT2D eigenvalue weighted by molar-refractivity contribution is 5.78. The SMILES string of the molecule is N=c1ccc2ccccc2n1O.[Cl-]. The molecular weight excluding hydrogens is 188 g/mol. The Kier molecular flexibility index (Phi) is 2.58. The summed E-state index contributed by atoms with van der Waals surface area (Å²) in [6.45, 7) is 0. The molecule has 68 valence electrons. The predicted octanol–water partition coefficient (Wildman–Crippen LogP) is -1.64. The number of aromatic nitrogens is 1. The van der Waals surface area contributed by atoms with E-state index in [2.05, 4.69) is 0 Å². The fourth-order valence-electron chi connectivity index (χ4n) is 1.19. The molecule has 2 aromatic rings. The molecular formula is C9H8ClN2O-. The van der Waals surface area contributed by atoms with Gasteiger partial charge in [0.15, 0.2) is 5.49 Å². The van der Waals surface area contributed by atoms with E-state index >= 15 is 0 Å². The summed E-state index contributed by atoms with van der Waals surface area (Å²) < 4.78 is 0.870. The number of hydrogen-bond acceptors (Lipinski definition) is 2. The third kappa shape index (κ3) is 1.51. The van der Waals surface area contributed by atoms with Crippen molar-refractivity contribution in [2.45, 2.75) is 0 Å². The van der Waals surface area contributed by atoms with E-state index in [0.717, 1.165) is 10.1 Å². The number of pyridine rings is 1. The number of para-hydroxylation sites is 1. The normalized spacial score (nSPS) is 9.54. The Balaban J connectivity index is 0.000000845. The summed E-state index contributed by atoms with van der Waals surface area (Å²) in [5.74, 6) is 0. The first kappa shape index (κ1) is 9.61. The van der Waals surface area contributed by atoms with Crippen LogP contribution in [0.5, 0.6) is 0 Å². The predicted molar refractivity (Wildman–Crippen MR) is 45.0 cm³/mol. The van der Waals surface area contributed by atoms with Crippen LogP contribution in [0, 0.1) is 5.41 Å². The first-order chi connectivity index (χ1) is 5.79. The number of benzene rings is 1. The van der Waals surface area contributed by atoms with E-state index < -0.39 is 0 Å². The highest BCUT2D eigenvalue weighted by Crippen LogP contribution is 2.08. The number of fused-ring (bicyclic) bond motifs is 1. The first-order valence-corrected chi connectivity index (χ1v) is 3.64. The van der Waals surface area contributed by atoms with Crippen molar-refractivity contribution in [3.05, 3.63) is 41.9 Å². The van der Waals surface area contributed by atoms with E-state index in [9.17, 15) is 5.21 Å². The van der Waals surface area contributed by atoms with Gasteiger partial charge in [-0.1, -0.05) is 18.2 Å². The van der Waals surface area contributed by atoms with E-state index in [0.29, 0.717) is 5.52 Å². The van der Waals surface area contributed by atoms with Gasteiger partial charge in [-0.15, -0.1) is 0 Å². The Morgan fingerprint density at radius 1 is 1.08 bits per heavy atom. The third-order valence-corrected chi connectivity index (χ3v) is 1.81. The maximum Gasteiger partial charge on any atom is 0.161 e. The van der Waals surface area contributed by atoms with Crippen LogP contribution >= 0.6 is 0 Å². The lowest BCUT2D eigenvalue weighted by atomic mass is 10.2. The molecule has 2 rings (SSSR count). The quantitative estimate of drug-likeness (QED) is 0.487. The van der Waals surface area contributed by atoms with E-state index in [1.54, 1.807) is 12.1 Å². The van der Waals surface area contributed by atoms with Gasteiger partial charge in [0.05, 0.1) is 5.52 Å². The zero-order valence-electron chi connectivity index (χ0n) is 6.74. The highest BCUT2D eigenvalue weighted by Gasteiger charge is 1.95. The van der Waals surface area contributed by atoms with Crippen LogP contribution < -0.4 is 17.9 Å². The van der Waals surface area contributed by atoms with Crippen molar-refractivity contribution in [1.29, 1.82) is 5.41 Å². The molecule has 0 unspecified atom stereocenters. The number of nitrogens with zero attached hydrogens (tertiary/aromatic N) is 1. The fourth-order valence-corrected chi connectivity index (χ4v) is 1.19. The molecule has 3 nitrogen and oxygen atoms in total. The number of nitrogens with one attached hydrogen (secondary N) is 1. The second kappa shape index (κ2) is 3.49. The topological polar surface area (TPSA) is 49.0 Å². The molecule has 0 bridgehead atoms. The molecule has 1 heterocycles. The molecule has 1 aromatic heterocycles. The second-order valence-electron chi connectivity index (χ2n) is 2.59. The molecule has 0 saturated heterocycles. The summed E-state index contributed by atoms with van der Waals surface area (Å²) in [6.07, 6.45) is 0. The molecule has 13 heavy (non-hydrogen) atoms. The van der Waals surface area contributed by atoms with Crippen molar-refractivity contribution in [1.82, 2.24) is 4.73 Å². The lowest BCUT2D eigenvalue weighted by Crippen LogP contribution is -3.00. The third-order valence-electron chi connectivity index (χ3n) is 1.81. The summed E-state index contributed by atoms with van der Waals surface area (Å²) in [5, 5.41) is 17.6. The average Bonchev–Trinajstić information content (AvgIpc) is 2.12. The van der Waals surface area contributed by atoms with Crippen LogP contribution in [0.25, 0.3) is 10.9 Å². The Bertz CT molecular complexity index is 478. The molecule has 0 aliphatic rings. The summed E-state index contributed by atoms with van der Waals surface area (Å²) in [5.41, 5.74) is 0.749. The van der Waals surface area contributed by atoms with Crippen LogP contribution in [0.4, 0.5) is 0 Å². The van der Waals surface area contributed by atoms with Gasteiger partial charge >= 0.3 is 0 Å². The molecule has 1 aromatic carbocycles. The lowest BCUT2D eigenvalue weighted by molar-refractivity contribution is -0.00000380. The molecule has 0 saturated carbocycles. The van der Waals surface area contributed by atoms with E-state index in [4.69, 9.17) is 5.41 Å². The molecule has 0 aliphatic heterocycles. The zero-order chi connectivity index (χ0) is 8.55. The Hall–Kier alpha value is -1.48. The van der Waals surface area contributed by atoms with E-state index in [1.807, 2.05) is 24.3 Å². The molecule has 0 fully saturated rings. The Morgan fingerprint density at radius 2 is 1.77 bits per heavy atom. The average molecular weight is 196 g/mol. The monoisotopic (exact) mass is 195 g/mol. The standard InChI is InChI=1S/C9H8N2O.ClH/c10-9-6-5-7-3-1-2-4-8(7)11(9)12;/h1-6,10,12H;1H/p-1. The molecule has 0 radical (unpaired) electrons. The number of hydrogen-bond donors (Lipinski definition) is 2.